The molecule has 0 bridgehead atoms. The number of carbonyl (C=O) groups is 2. The van der Waals surface area contributed by atoms with Crippen LogP contribution >= 0.6 is 0 Å². The van der Waals surface area contributed by atoms with E-state index in [1.165, 1.54) is 7.11 Å². The summed E-state index contributed by atoms with van der Waals surface area (Å²) in [4.78, 5) is 26.1. The fraction of sp³-hybridized carbons (Fsp3) is 0.579. The van der Waals surface area contributed by atoms with E-state index in [1.807, 2.05) is 0 Å². The zero-order valence-electron chi connectivity index (χ0n) is 15.8. The third-order valence-electron chi connectivity index (χ3n) is 5.09. The predicted octanol–water partition coefficient (Wildman–Crippen LogP) is 0.318. The maximum Gasteiger partial charge on any atom is 0.319 e. The zero-order chi connectivity index (χ0) is 20.1. The number of ether oxygens (including phenoxy) is 2. The van der Waals surface area contributed by atoms with Gasteiger partial charge in [-0.25, -0.2) is 4.79 Å². The molecular formula is C19H27N3O6. The van der Waals surface area contributed by atoms with Crippen molar-refractivity contribution < 1.29 is 29.3 Å². The van der Waals surface area contributed by atoms with Gasteiger partial charge in [-0.3, -0.25) is 4.79 Å². The summed E-state index contributed by atoms with van der Waals surface area (Å²) in [6.45, 7) is 1.45. The van der Waals surface area contributed by atoms with Crippen molar-refractivity contribution in [2.45, 2.75) is 43.7 Å². The molecule has 9 nitrogen and oxygen atoms in total. The smallest absolute Gasteiger partial charge is 0.319 e. The average molecular weight is 393 g/mol. The number of rotatable bonds is 6. The van der Waals surface area contributed by atoms with Crippen molar-refractivity contribution in [2.75, 3.05) is 32.1 Å². The van der Waals surface area contributed by atoms with Crippen LogP contribution in [0.4, 0.5) is 10.5 Å². The number of carbonyl (C=O) groups excluding carboxylic acids is 2. The van der Waals surface area contributed by atoms with E-state index in [4.69, 9.17) is 9.47 Å². The Labute approximate surface area is 163 Å². The molecule has 1 aromatic rings. The number of urea groups is 1. The zero-order valence-corrected chi connectivity index (χ0v) is 15.8. The van der Waals surface area contributed by atoms with Gasteiger partial charge in [-0.1, -0.05) is 6.07 Å². The van der Waals surface area contributed by atoms with Gasteiger partial charge in [0.15, 0.2) is 0 Å². The van der Waals surface area contributed by atoms with E-state index in [0.717, 1.165) is 25.9 Å². The minimum Gasteiger partial charge on any atom is -0.497 e. The lowest BCUT2D eigenvalue weighted by molar-refractivity contribution is -0.134. The molecule has 2 heterocycles. The van der Waals surface area contributed by atoms with E-state index in [-0.39, 0.29) is 18.9 Å². The van der Waals surface area contributed by atoms with Gasteiger partial charge in [0.2, 0.25) is 5.91 Å². The fourth-order valence-corrected chi connectivity index (χ4v) is 3.50. The topological polar surface area (TPSA) is 120 Å². The maximum absolute atomic E-state index is 12.2. The lowest BCUT2D eigenvalue weighted by Gasteiger charge is -2.19. The Morgan fingerprint density at radius 2 is 1.93 bits per heavy atom. The summed E-state index contributed by atoms with van der Waals surface area (Å²) in [5, 5.41) is 25.6. The second-order valence-electron chi connectivity index (χ2n) is 7.05. The molecule has 0 aromatic heterocycles. The van der Waals surface area contributed by atoms with Crippen LogP contribution in [0.5, 0.6) is 5.75 Å². The Hall–Kier alpha value is -2.36. The summed E-state index contributed by atoms with van der Waals surface area (Å²) in [6.07, 6.45) is -1.92. The van der Waals surface area contributed by atoms with E-state index >= 15 is 0 Å². The van der Waals surface area contributed by atoms with Gasteiger partial charge in [0.05, 0.1) is 19.6 Å². The number of benzene rings is 1. The van der Waals surface area contributed by atoms with Crippen molar-refractivity contribution in [3.8, 4) is 5.75 Å². The molecule has 4 unspecified atom stereocenters. The Morgan fingerprint density at radius 1 is 1.21 bits per heavy atom. The summed E-state index contributed by atoms with van der Waals surface area (Å²) in [7, 11) is 1.54. The molecule has 3 rings (SSSR count). The minimum absolute atomic E-state index is 0.00241. The van der Waals surface area contributed by atoms with Crippen LogP contribution in [0, 0.1) is 0 Å². The predicted molar refractivity (Wildman–Crippen MR) is 101 cm³/mol. The lowest BCUT2D eigenvalue weighted by Crippen LogP contribution is -2.41. The quantitative estimate of drug-likeness (QED) is 0.552. The highest BCUT2D eigenvalue weighted by Gasteiger charge is 2.43. The molecule has 2 fully saturated rings. The third kappa shape index (κ3) is 4.92. The van der Waals surface area contributed by atoms with Crippen molar-refractivity contribution in [2.24, 2.45) is 0 Å². The molecule has 0 saturated carbocycles. The number of nitrogens with zero attached hydrogens (tertiary/aromatic N) is 1. The van der Waals surface area contributed by atoms with Crippen LogP contribution in [0.25, 0.3) is 0 Å². The maximum atomic E-state index is 12.2. The Kier molecular flexibility index (Phi) is 6.71. The highest BCUT2D eigenvalue weighted by atomic mass is 16.5. The summed E-state index contributed by atoms with van der Waals surface area (Å²) >= 11 is 0. The molecule has 2 aliphatic rings. The molecule has 3 amide bonds. The first kappa shape index (κ1) is 20.4. The van der Waals surface area contributed by atoms with Crippen LogP contribution in [0.15, 0.2) is 24.3 Å². The summed E-state index contributed by atoms with van der Waals surface area (Å²) in [5.41, 5.74) is 0.554. The van der Waals surface area contributed by atoms with Crippen LogP contribution in [0.3, 0.4) is 0 Å². The van der Waals surface area contributed by atoms with Gasteiger partial charge < -0.3 is 35.2 Å². The van der Waals surface area contributed by atoms with Crippen molar-refractivity contribution in [3.63, 3.8) is 0 Å². The molecule has 154 valence electrons. The largest absolute Gasteiger partial charge is 0.497 e. The average Bonchev–Trinajstić information content (AvgIpc) is 3.31. The summed E-state index contributed by atoms with van der Waals surface area (Å²) in [6, 6.07) is 6.42. The number of amides is 3. The first-order chi connectivity index (χ1) is 13.5. The second kappa shape index (κ2) is 9.22. The number of methoxy groups -OCH3 is 1. The molecule has 4 N–H and O–H groups in total. The first-order valence-corrected chi connectivity index (χ1v) is 9.46. The van der Waals surface area contributed by atoms with Crippen LogP contribution in [-0.2, 0) is 9.53 Å². The molecule has 0 radical (unpaired) electrons. The molecule has 9 heteroatoms. The summed E-state index contributed by atoms with van der Waals surface area (Å²) < 4.78 is 10.7. The Bertz CT molecular complexity index is 694. The molecule has 1 aromatic carbocycles. The van der Waals surface area contributed by atoms with Crippen molar-refractivity contribution in [1.29, 1.82) is 0 Å². The van der Waals surface area contributed by atoms with Gasteiger partial charge in [0.1, 0.15) is 24.1 Å². The van der Waals surface area contributed by atoms with E-state index in [2.05, 4.69) is 10.6 Å². The number of hydrogen-bond acceptors (Lipinski definition) is 6. The fourth-order valence-electron chi connectivity index (χ4n) is 3.50. The minimum atomic E-state index is -1.17. The first-order valence-electron chi connectivity index (χ1n) is 9.46. The number of likely N-dealkylation sites (tertiary alicyclic amines) is 1. The molecule has 4 atom stereocenters. The van der Waals surface area contributed by atoms with E-state index in [9.17, 15) is 19.8 Å². The van der Waals surface area contributed by atoms with Crippen molar-refractivity contribution >= 4 is 17.6 Å². The van der Waals surface area contributed by atoms with E-state index in [0.29, 0.717) is 11.4 Å². The van der Waals surface area contributed by atoms with Crippen molar-refractivity contribution in [3.05, 3.63) is 24.3 Å². The molecule has 28 heavy (non-hydrogen) atoms. The van der Waals surface area contributed by atoms with Crippen LogP contribution in [0.1, 0.15) is 19.3 Å². The third-order valence-corrected chi connectivity index (χ3v) is 5.09. The van der Waals surface area contributed by atoms with Gasteiger partial charge in [-0.05, 0) is 25.0 Å². The van der Waals surface area contributed by atoms with Gasteiger partial charge in [-0.2, -0.15) is 0 Å². The molecular weight excluding hydrogens is 366 g/mol. The molecule has 2 aliphatic heterocycles. The van der Waals surface area contributed by atoms with E-state index < -0.39 is 30.4 Å². The normalized spacial score (nSPS) is 26.9. The highest BCUT2D eigenvalue weighted by molar-refractivity contribution is 5.89. The summed E-state index contributed by atoms with van der Waals surface area (Å²) in [5.74, 6) is 0.527. The van der Waals surface area contributed by atoms with Crippen LogP contribution < -0.4 is 15.4 Å². The highest BCUT2D eigenvalue weighted by Crippen LogP contribution is 2.25. The van der Waals surface area contributed by atoms with Gasteiger partial charge in [0.25, 0.3) is 0 Å². The number of anilines is 1. The van der Waals surface area contributed by atoms with Gasteiger partial charge in [0, 0.05) is 31.4 Å². The molecule has 0 aliphatic carbocycles. The molecule has 2 saturated heterocycles. The monoisotopic (exact) mass is 393 g/mol. The lowest BCUT2D eigenvalue weighted by atomic mass is 10.1. The van der Waals surface area contributed by atoms with Gasteiger partial charge >= 0.3 is 6.03 Å². The number of hydrogen-bond donors (Lipinski definition) is 4. The molecule has 0 spiro atoms. The number of aliphatic hydroxyl groups excluding tert-OH is 2. The standard InChI is InChI=1S/C19H27N3O6/c1-27-13-6-4-5-12(9-13)21-19(26)20-11-15-18(25)17(24)14(28-15)10-16(23)22-7-2-3-8-22/h4-6,9,14-15,17-18,24-25H,2-3,7-8,10-11H2,1H3,(H2,20,21,26). The Morgan fingerprint density at radius 3 is 2.64 bits per heavy atom. The second-order valence-corrected chi connectivity index (χ2v) is 7.05. The Balaban J connectivity index is 1.47. The van der Waals surface area contributed by atoms with Gasteiger partial charge in [-0.15, -0.1) is 0 Å². The van der Waals surface area contributed by atoms with Crippen molar-refractivity contribution in [1.82, 2.24) is 10.2 Å². The van der Waals surface area contributed by atoms with Crippen LogP contribution in [0.2, 0.25) is 0 Å². The number of nitrogens with one attached hydrogen (secondary N) is 2. The SMILES string of the molecule is COc1cccc(NC(=O)NCC2OC(CC(=O)N3CCCC3)C(O)C2O)c1. The van der Waals surface area contributed by atoms with Crippen LogP contribution in [-0.4, -0.2) is 78.2 Å². The van der Waals surface area contributed by atoms with E-state index in [1.54, 1.807) is 29.2 Å². The number of aliphatic hydroxyl groups is 2.